The molecule has 3 heterocycles. The summed E-state index contributed by atoms with van der Waals surface area (Å²) in [5.74, 6) is 0.775. The average molecular weight is 421 g/mol. The van der Waals surface area contributed by atoms with Crippen LogP contribution in [-0.4, -0.2) is 39.0 Å². The average Bonchev–Trinajstić information content (AvgIpc) is 3.30. The molecule has 0 aromatic carbocycles. The maximum absolute atomic E-state index is 12.6. The normalized spacial score (nSPS) is 15.6. The first-order valence-electron chi connectivity index (χ1n) is 9.83. The predicted octanol–water partition coefficient (Wildman–Crippen LogP) is 3.46. The fourth-order valence-corrected chi connectivity index (χ4v) is 5.85. The second kappa shape index (κ2) is 8.65. The van der Waals surface area contributed by atoms with E-state index in [9.17, 15) is 9.59 Å². The lowest BCUT2D eigenvalue weighted by Crippen LogP contribution is -2.17. The number of thioether (sulfide) groups is 1. The molecule has 0 radical (unpaired) electrons. The number of amides is 1. The second-order valence-electron chi connectivity index (χ2n) is 6.98. The molecule has 150 valence electrons. The van der Waals surface area contributed by atoms with Crippen LogP contribution in [0.3, 0.4) is 0 Å². The summed E-state index contributed by atoms with van der Waals surface area (Å²) in [7, 11) is 0. The van der Waals surface area contributed by atoms with Crippen LogP contribution in [0.25, 0.3) is 0 Å². The molecule has 7 nitrogen and oxygen atoms in total. The maximum atomic E-state index is 12.6. The number of carbonyl (C=O) groups is 2. The van der Waals surface area contributed by atoms with Gasteiger partial charge in [-0.1, -0.05) is 18.2 Å². The number of esters is 1. The van der Waals surface area contributed by atoms with E-state index in [1.807, 2.05) is 0 Å². The van der Waals surface area contributed by atoms with Gasteiger partial charge >= 0.3 is 5.97 Å². The van der Waals surface area contributed by atoms with Crippen molar-refractivity contribution in [3.63, 3.8) is 0 Å². The van der Waals surface area contributed by atoms with Gasteiger partial charge in [-0.05, 0) is 44.6 Å². The first-order valence-corrected chi connectivity index (χ1v) is 11.6. The number of hydrogen-bond acceptors (Lipinski definition) is 7. The van der Waals surface area contributed by atoms with Gasteiger partial charge in [0.1, 0.15) is 10.8 Å². The lowest BCUT2D eigenvalue weighted by Gasteiger charge is -2.08. The molecule has 0 saturated heterocycles. The van der Waals surface area contributed by atoms with E-state index in [0.717, 1.165) is 61.6 Å². The van der Waals surface area contributed by atoms with Gasteiger partial charge in [-0.15, -0.1) is 21.5 Å². The molecule has 0 fully saturated rings. The van der Waals surface area contributed by atoms with Gasteiger partial charge in [-0.25, -0.2) is 4.79 Å². The minimum atomic E-state index is -0.340. The number of aromatic nitrogens is 3. The number of fused-ring (bicyclic) bond motifs is 2. The third-order valence-corrected chi connectivity index (χ3v) is 7.24. The number of thiophene rings is 1. The van der Waals surface area contributed by atoms with E-state index in [2.05, 4.69) is 20.1 Å². The van der Waals surface area contributed by atoms with Crippen molar-refractivity contribution in [2.24, 2.45) is 0 Å². The van der Waals surface area contributed by atoms with Crippen LogP contribution in [0.15, 0.2) is 5.16 Å². The molecule has 4 rings (SSSR count). The molecule has 28 heavy (non-hydrogen) atoms. The van der Waals surface area contributed by atoms with Crippen molar-refractivity contribution in [1.29, 1.82) is 0 Å². The molecule has 9 heteroatoms. The highest BCUT2D eigenvalue weighted by molar-refractivity contribution is 7.99. The molecular weight excluding hydrogens is 396 g/mol. The van der Waals surface area contributed by atoms with Crippen LogP contribution in [0, 0.1) is 0 Å². The molecule has 1 aliphatic carbocycles. The number of nitrogens with zero attached hydrogens (tertiary/aromatic N) is 3. The van der Waals surface area contributed by atoms with Crippen molar-refractivity contribution in [3.05, 3.63) is 21.8 Å². The Morgan fingerprint density at radius 1 is 1.18 bits per heavy atom. The van der Waals surface area contributed by atoms with E-state index < -0.39 is 0 Å². The van der Waals surface area contributed by atoms with Crippen LogP contribution in [0.2, 0.25) is 0 Å². The zero-order valence-electron chi connectivity index (χ0n) is 16.0. The standard InChI is InChI=1S/C19H24N4O3S2/c1-2-26-18(25)16-12-7-6-8-13(12)28-17(16)20-15(24)11-27-19-22-21-14-9-4-3-5-10-23(14)19/h2-11H2,1H3,(H,20,24). The topological polar surface area (TPSA) is 86.1 Å². The van der Waals surface area contributed by atoms with Crippen molar-refractivity contribution in [3.8, 4) is 0 Å². The Balaban J connectivity index is 1.43. The fourth-order valence-electron chi connectivity index (χ4n) is 3.77. The number of rotatable bonds is 6. The lowest BCUT2D eigenvalue weighted by molar-refractivity contribution is -0.113. The number of hydrogen-bond donors (Lipinski definition) is 1. The molecule has 0 spiro atoms. The summed E-state index contributed by atoms with van der Waals surface area (Å²) >= 11 is 2.90. The number of anilines is 1. The minimum Gasteiger partial charge on any atom is -0.462 e. The van der Waals surface area contributed by atoms with Gasteiger partial charge in [0, 0.05) is 17.8 Å². The summed E-state index contributed by atoms with van der Waals surface area (Å²) in [6, 6.07) is 0. The van der Waals surface area contributed by atoms with Crippen LogP contribution in [0.5, 0.6) is 0 Å². The number of nitrogens with one attached hydrogen (secondary N) is 1. The molecule has 0 atom stereocenters. The van der Waals surface area contributed by atoms with E-state index in [1.165, 1.54) is 34.4 Å². The van der Waals surface area contributed by atoms with E-state index in [1.54, 1.807) is 6.92 Å². The number of ether oxygens (including phenoxy) is 1. The highest BCUT2D eigenvalue weighted by Gasteiger charge is 2.28. The Hall–Kier alpha value is -1.87. The number of aryl methyl sites for hydroxylation is 2. The first-order chi connectivity index (χ1) is 13.7. The fraction of sp³-hybridized carbons (Fsp3) is 0.579. The van der Waals surface area contributed by atoms with E-state index in [0.29, 0.717) is 17.2 Å². The lowest BCUT2D eigenvalue weighted by atomic mass is 10.1. The van der Waals surface area contributed by atoms with E-state index in [4.69, 9.17) is 4.74 Å². The van der Waals surface area contributed by atoms with Crippen LogP contribution in [0.1, 0.15) is 59.2 Å². The largest absolute Gasteiger partial charge is 0.462 e. The van der Waals surface area contributed by atoms with Gasteiger partial charge in [-0.2, -0.15) is 0 Å². The Bertz CT molecular complexity index is 890. The summed E-state index contributed by atoms with van der Waals surface area (Å²) < 4.78 is 7.35. The monoisotopic (exact) mass is 420 g/mol. The summed E-state index contributed by atoms with van der Waals surface area (Å²) in [4.78, 5) is 26.2. The molecule has 2 aromatic rings. The zero-order valence-corrected chi connectivity index (χ0v) is 17.6. The molecule has 2 aromatic heterocycles. The van der Waals surface area contributed by atoms with Gasteiger partial charge in [0.05, 0.1) is 17.9 Å². The van der Waals surface area contributed by atoms with Crippen LogP contribution in [0.4, 0.5) is 5.00 Å². The number of carbonyl (C=O) groups excluding carboxylic acids is 2. The maximum Gasteiger partial charge on any atom is 0.341 e. The Kier molecular flexibility index (Phi) is 6.01. The predicted molar refractivity (Wildman–Crippen MR) is 109 cm³/mol. The Morgan fingerprint density at radius 2 is 2.07 bits per heavy atom. The molecule has 1 aliphatic heterocycles. The van der Waals surface area contributed by atoms with E-state index in [-0.39, 0.29) is 17.6 Å². The molecule has 1 amide bonds. The second-order valence-corrected chi connectivity index (χ2v) is 9.03. The SMILES string of the molecule is CCOC(=O)c1c(NC(=O)CSc2nnc3n2CCCCC3)sc2c1CCC2. The molecule has 0 bridgehead atoms. The van der Waals surface area contributed by atoms with Gasteiger partial charge < -0.3 is 14.6 Å². The van der Waals surface area contributed by atoms with Gasteiger partial charge in [0.2, 0.25) is 5.91 Å². The van der Waals surface area contributed by atoms with Gasteiger partial charge in [0.15, 0.2) is 5.16 Å². The van der Waals surface area contributed by atoms with Crippen molar-refractivity contribution in [2.45, 2.75) is 63.6 Å². The third kappa shape index (κ3) is 3.96. The van der Waals surface area contributed by atoms with Crippen molar-refractivity contribution in [1.82, 2.24) is 14.8 Å². The Labute approximate surface area is 172 Å². The minimum absolute atomic E-state index is 0.138. The van der Waals surface area contributed by atoms with Gasteiger partial charge in [0.25, 0.3) is 0 Å². The van der Waals surface area contributed by atoms with Crippen LogP contribution < -0.4 is 5.32 Å². The first kappa shape index (κ1) is 19.4. The van der Waals surface area contributed by atoms with Gasteiger partial charge in [-0.3, -0.25) is 4.79 Å². The highest BCUT2D eigenvalue weighted by atomic mass is 32.2. The third-order valence-electron chi connectivity index (χ3n) is 5.06. The smallest absolute Gasteiger partial charge is 0.341 e. The van der Waals surface area contributed by atoms with Crippen molar-refractivity contribution in [2.75, 3.05) is 17.7 Å². The van der Waals surface area contributed by atoms with Crippen LogP contribution >= 0.6 is 23.1 Å². The molecule has 1 N–H and O–H groups in total. The zero-order chi connectivity index (χ0) is 19.5. The summed E-state index contributed by atoms with van der Waals surface area (Å²) in [6.45, 7) is 3.03. The molecule has 0 saturated carbocycles. The summed E-state index contributed by atoms with van der Waals surface area (Å²) in [6.07, 6.45) is 7.30. The van der Waals surface area contributed by atoms with Crippen molar-refractivity contribution < 1.29 is 14.3 Å². The van der Waals surface area contributed by atoms with E-state index >= 15 is 0 Å². The van der Waals surface area contributed by atoms with Crippen molar-refractivity contribution >= 4 is 40.0 Å². The quantitative estimate of drug-likeness (QED) is 0.569. The van der Waals surface area contributed by atoms with Crippen LogP contribution in [-0.2, 0) is 35.3 Å². The highest BCUT2D eigenvalue weighted by Crippen LogP contribution is 2.39. The molecule has 2 aliphatic rings. The summed E-state index contributed by atoms with van der Waals surface area (Å²) in [5.41, 5.74) is 1.60. The molecule has 0 unspecified atom stereocenters. The molecular formula is C19H24N4O3S2. The Morgan fingerprint density at radius 3 is 2.93 bits per heavy atom. The summed E-state index contributed by atoms with van der Waals surface area (Å²) in [5, 5.41) is 12.9.